The molecule has 0 aliphatic carbocycles. The summed E-state index contributed by atoms with van der Waals surface area (Å²) >= 11 is 6.09. The van der Waals surface area contributed by atoms with Crippen molar-refractivity contribution in [2.24, 2.45) is 10.9 Å². The maximum Gasteiger partial charge on any atom is 0.322 e. The number of aliphatic imine (C=N–C) groups is 1. The number of rotatable bonds is 8. The first-order chi connectivity index (χ1) is 15.6. The summed E-state index contributed by atoms with van der Waals surface area (Å²) in [6.45, 7) is 5.92. The van der Waals surface area contributed by atoms with Crippen LogP contribution in [0.3, 0.4) is 0 Å². The van der Waals surface area contributed by atoms with Crippen molar-refractivity contribution >= 4 is 41.3 Å². The highest BCUT2D eigenvalue weighted by Gasteiger charge is 2.55. The van der Waals surface area contributed by atoms with E-state index in [2.05, 4.69) is 20.3 Å². The molecule has 33 heavy (non-hydrogen) atoms. The smallest absolute Gasteiger partial charge is 0.322 e. The van der Waals surface area contributed by atoms with E-state index >= 15 is 0 Å². The number of aromatic nitrogens is 2. The fourth-order valence-corrected chi connectivity index (χ4v) is 3.79. The van der Waals surface area contributed by atoms with E-state index in [0.29, 0.717) is 0 Å². The van der Waals surface area contributed by atoms with Crippen molar-refractivity contribution in [2.45, 2.75) is 58.0 Å². The number of nitrogens with one attached hydrogen (secondary N) is 1. The number of anilines is 1. The first-order valence-electron chi connectivity index (χ1n) is 10.2. The van der Waals surface area contributed by atoms with Gasteiger partial charge in [-0.2, -0.15) is 0 Å². The van der Waals surface area contributed by atoms with Crippen LogP contribution in [0.25, 0.3) is 0 Å². The second-order valence-corrected chi connectivity index (χ2v) is 8.13. The molecule has 2 aliphatic heterocycles. The highest BCUT2D eigenvalue weighted by Crippen LogP contribution is 2.39. The second kappa shape index (κ2) is 10.2. The van der Waals surface area contributed by atoms with Gasteiger partial charge in [0.05, 0.1) is 18.8 Å². The predicted octanol–water partition coefficient (Wildman–Crippen LogP) is 0.758. The number of carbonyl (C=O) groups excluding carboxylic acids is 3. The molecule has 0 radical (unpaired) electrons. The summed E-state index contributed by atoms with van der Waals surface area (Å²) in [7, 11) is 0. The molecule has 0 spiro atoms. The lowest BCUT2D eigenvalue weighted by Gasteiger charge is -2.22. The quantitative estimate of drug-likeness (QED) is 0.177. The third-order valence-corrected chi connectivity index (χ3v) is 5.14. The van der Waals surface area contributed by atoms with Gasteiger partial charge in [0.15, 0.2) is 23.7 Å². The Morgan fingerprint density at radius 1 is 1.33 bits per heavy atom. The van der Waals surface area contributed by atoms with Gasteiger partial charge in [-0.1, -0.05) is 11.6 Å². The molecule has 1 aromatic heterocycles. The van der Waals surface area contributed by atoms with Crippen LogP contribution in [0.5, 0.6) is 0 Å². The number of aliphatic hydroxyl groups is 1. The molecule has 2 N–H and O–H groups in total. The largest absolute Gasteiger partial charge is 0.465 e. The summed E-state index contributed by atoms with van der Waals surface area (Å²) in [5.41, 5.74) is -0.265. The topological polar surface area (TPSA) is 159 Å². The van der Waals surface area contributed by atoms with E-state index in [1.165, 1.54) is 6.92 Å². The Labute approximate surface area is 194 Å². The maximum absolute atomic E-state index is 13.3. The number of nitrogens with zero attached hydrogens (tertiary/aromatic N) is 3. The molecule has 12 nitrogen and oxygen atoms in total. The first kappa shape index (κ1) is 25.1. The molecular formula is C20H25ClN4O8. The van der Waals surface area contributed by atoms with Crippen molar-refractivity contribution < 1.29 is 38.4 Å². The van der Waals surface area contributed by atoms with Gasteiger partial charge >= 0.3 is 5.97 Å². The minimum absolute atomic E-state index is 0.0103. The molecule has 2 aliphatic rings. The van der Waals surface area contributed by atoms with Crippen LogP contribution in [0, 0.1) is 5.92 Å². The molecule has 5 unspecified atom stereocenters. The predicted molar refractivity (Wildman–Crippen MR) is 114 cm³/mol. The van der Waals surface area contributed by atoms with E-state index in [0.717, 1.165) is 12.5 Å². The van der Waals surface area contributed by atoms with Gasteiger partial charge in [0.2, 0.25) is 5.91 Å². The lowest BCUT2D eigenvalue weighted by atomic mass is 9.99. The number of hydrogen-bond acceptors (Lipinski definition) is 11. The summed E-state index contributed by atoms with van der Waals surface area (Å²) < 4.78 is 22.3. The zero-order valence-corrected chi connectivity index (χ0v) is 19.2. The molecule has 2 saturated heterocycles. The van der Waals surface area contributed by atoms with E-state index in [4.69, 9.17) is 30.5 Å². The third-order valence-electron chi connectivity index (χ3n) is 4.85. The zero-order chi connectivity index (χ0) is 24.3. The van der Waals surface area contributed by atoms with Crippen LogP contribution >= 0.6 is 11.6 Å². The second-order valence-electron chi connectivity index (χ2n) is 7.77. The standard InChI is InChI=1S/C20H25ClN4O8/c1-5-30-19(29)10(13(28)12-16(21)23-8-24-17(12)25-9(2)27)6-22-18-15-14(11(7-26)31-18)32-20(3,4)33-15/h6,8,10-11,14-15,18,26H,5,7H2,1-4H3,(H,23,24,25,27). The molecule has 180 valence electrons. The number of carbonyl (C=O) groups is 3. The van der Waals surface area contributed by atoms with Gasteiger partial charge in [0.1, 0.15) is 35.6 Å². The highest BCUT2D eigenvalue weighted by molar-refractivity contribution is 6.35. The third kappa shape index (κ3) is 5.53. The number of ketones is 1. The van der Waals surface area contributed by atoms with Crippen molar-refractivity contribution in [3.05, 3.63) is 17.0 Å². The number of fused-ring (bicyclic) bond motifs is 1. The fourth-order valence-electron chi connectivity index (χ4n) is 3.56. The van der Waals surface area contributed by atoms with Gasteiger partial charge in [-0.3, -0.25) is 19.4 Å². The molecule has 5 atom stereocenters. The van der Waals surface area contributed by atoms with E-state index in [1.807, 2.05) is 0 Å². The number of aliphatic hydroxyl groups excluding tert-OH is 1. The molecule has 0 aromatic carbocycles. The monoisotopic (exact) mass is 484 g/mol. The first-order valence-corrected chi connectivity index (χ1v) is 10.6. The number of amides is 1. The molecular weight excluding hydrogens is 460 g/mol. The summed E-state index contributed by atoms with van der Waals surface area (Å²) in [6, 6.07) is 0. The van der Waals surface area contributed by atoms with Gasteiger partial charge in [-0.05, 0) is 20.8 Å². The Morgan fingerprint density at radius 3 is 2.67 bits per heavy atom. The van der Waals surface area contributed by atoms with Crippen molar-refractivity contribution in [2.75, 3.05) is 18.5 Å². The Morgan fingerprint density at radius 2 is 2.03 bits per heavy atom. The van der Waals surface area contributed by atoms with Crippen LogP contribution in [0.4, 0.5) is 5.82 Å². The van der Waals surface area contributed by atoms with Crippen LogP contribution in [0.1, 0.15) is 38.1 Å². The number of Topliss-reactive ketones (excluding diaryl/α,β-unsaturated/α-hetero) is 1. The minimum Gasteiger partial charge on any atom is -0.465 e. The van der Waals surface area contributed by atoms with Crippen LogP contribution < -0.4 is 5.32 Å². The van der Waals surface area contributed by atoms with Crippen molar-refractivity contribution in [3.63, 3.8) is 0 Å². The van der Waals surface area contributed by atoms with Crippen LogP contribution in [-0.4, -0.2) is 82.5 Å². The van der Waals surface area contributed by atoms with E-state index in [9.17, 15) is 19.5 Å². The van der Waals surface area contributed by atoms with Gasteiger partial charge in [-0.15, -0.1) is 0 Å². The molecule has 0 saturated carbocycles. The van der Waals surface area contributed by atoms with Gasteiger partial charge in [-0.25, -0.2) is 9.97 Å². The van der Waals surface area contributed by atoms with Crippen molar-refractivity contribution in [3.8, 4) is 0 Å². The van der Waals surface area contributed by atoms with E-state index in [1.54, 1.807) is 20.8 Å². The number of hydrogen-bond donors (Lipinski definition) is 2. The van der Waals surface area contributed by atoms with E-state index < -0.39 is 53.9 Å². The van der Waals surface area contributed by atoms with Gasteiger partial charge in [0.25, 0.3) is 0 Å². The van der Waals surface area contributed by atoms with E-state index in [-0.39, 0.29) is 29.7 Å². The highest BCUT2D eigenvalue weighted by atomic mass is 35.5. The average Bonchev–Trinajstić information content (AvgIpc) is 3.20. The maximum atomic E-state index is 13.3. The Kier molecular flexibility index (Phi) is 7.75. The molecule has 3 heterocycles. The molecule has 1 amide bonds. The summed E-state index contributed by atoms with van der Waals surface area (Å²) in [5.74, 6) is -4.82. The number of esters is 1. The summed E-state index contributed by atoms with van der Waals surface area (Å²) in [6.07, 6.45) is -0.747. The average molecular weight is 485 g/mol. The normalized spacial score (nSPS) is 26.7. The molecule has 0 bridgehead atoms. The summed E-state index contributed by atoms with van der Waals surface area (Å²) in [4.78, 5) is 49.3. The van der Waals surface area contributed by atoms with Crippen LogP contribution in [-0.2, 0) is 28.5 Å². The molecule has 2 fully saturated rings. The van der Waals surface area contributed by atoms with Crippen LogP contribution in [0.15, 0.2) is 11.3 Å². The molecule has 3 rings (SSSR count). The minimum atomic E-state index is -1.54. The Bertz CT molecular complexity index is 956. The lowest BCUT2D eigenvalue weighted by molar-refractivity contribution is -0.189. The van der Waals surface area contributed by atoms with Crippen LogP contribution in [0.2, 0.25) is 5.15 Å². The molecule has 13 heteroatoms. The van der Waals surface area contributed by atoms with Gasteiger partial charge in [0, 0.05) is 13.1 Å². The van der Waals surface area contributed by atoms with Crippen molar-refractivity contribution in [1.82, 2.24) is 9.97 Å². The number of halogens is 1. The number of ether oxygens (including phenoxy) is 4. The zero-order valence-electron chi connectivity index (χ0n) is 18.5. The molecule has 1 aromatic rings. The lowest BCUT2D eigenvalue weighted by Crippen LogP contribution is -2.32. The Hall–Kier alpha value is -2.51. The Balaban J connectivity index is 1.92. The summed E-state index contributed by atoms with van der Waals surface area (Å²) in [5, 5.41) is 11.7. The SMILES string of the molecule is CCOC(=O)C(C=NC1OC(CO)C2OC(C)(C)OC12)C(=O)c1c(Cl)ncnc1NC(C)=O. The van der Waals surface area contributed by atoms with Crippen molar-refractivity contribution in [1.29, 1.82) is 0 Å². The van der Waals surface area contributed by atoms with Gasteiger partial charge < -0.3 is 29.4 Å². The fraction of sp³-hybridized carbons (Fsp3) is 0.600.